The van der Waals surface area contributed by atoms with E-state index >= 15 is 0 Å². The van der Waals surface area contributed by atoms with Crippen molar-refractivity contribution in [3.8, 4) is 0 Å². The zero-order chi connectivity index (χ0) is 27.9. The average Bonchev–Trinajstić information content (AvgIpc) is 3.60. The van der Waals surface area contributed by atoms with E-state index in [0.717, 1.165) is 73.5 Å². The summed E-state index contributed by atoms with van der Waals surface area (Å²) >= 11 is 0. The molecule has 5 aromatic rings. The average molecular weight is 534 g/mol. The molecule has 40 heavy (non-hydrogen) atoms. The van der Waals surface area contributed by atoms with Gasteiger partial charge < -0.3 is 13.9 Å². The second kappa shape index (κ2) is 10.6. The Kier molecular flexibility index (Phi) is 6.99. The molecule has 2 aromatic carbocycles. The number of ether oxygens (including phenoxy) is 1. The fourth-order valence-corrected chi connectivity index (χ4v) is 6.93. The van der Waals surface area contributed by atoms with Crippen molar-refractivity contribution in [3.63, 3.8) is 0 Å². The first-order valence-electron chi connectivity index (χ1n) is 15.0. The van der Waals surface area contributed by atoms with Gasteiger partial charge in [-0.15, -0.1) is 0 Å². The number of esters is 1. The Morgan fingerprint density at radius 1 is 0.725 bits per heavy atom. The van der Waals surface area contributed by atoms with Gasteiger partial charge in [-0.1, -0.05) is 76.9 Å². The Balaban J connectivity index is 1.81. The number of aromatic nitrogens is 3. The number of aryl methyl sites for hydroxylation is 2. The second-order valence-corrected chi connectivity index (χ2v) is 10.9. The predicted octanol–water partition coefficient (Wildman–Crippen LogP) is 8.18. The largest absolute Gasteiger partial charge is 0.439 e. The lowest BCUT2D eigenvalue weighted by atomic mass is 9.79. The van der Waals surface area contributed by atoms with E-state index in [1.165, 1.54) is 22.4 Å². The van der Waals surface area contributed by atoms with Gasteiger partial charge in [0.15, 0.2) is 0 Å². The molecule has 0 radical (unpaired) electrons. The van der Waals surface area contributed by atoms with E-state index in [1.54, 1.807) is 6.20 Å². The van der Waals surface area contributed by atoms with Gasteiger partial charge in [-0.3, -0.25) is 4.98 Å². The summed E-state index contributed by atoms with van der Waals surface area (Å²) in [5.41, 5.74) is 7.08. The third kappa shape index (κ3) is 3.74. The molecule has 206 valence electrons. The molecular formula is C35H39N3O2. The molecular weight excluding hydrogens is 494 g/mol. The number of hydrogen-bond acceptors (Lipinski definition) is 3. The van der Waals surface area contributed by atoms with Gasteiger partial charge in [-0.25, -0.2) is 4.79 Å². The minimum absolute atomic E-state index is 0.303. The lowest BCUT2D eigenvalue weighted by molar-refractivity contribution is 0.0246. The Labute approximate surface area is 236 Å². The number of carbonyl (C=O) groups is 1. The fourth-order valence-electron chi connectivity index (χ4n) is 6.93. The molecule has 0 fully saturated rings. The first kappa shape index (κ1) is 26.4. The summed E-state index contributed by atoms with van der Waals surface area (Å²) in [5.74, 6) is -0.303. The van der Waals surface area contributed by atoms with Gasteiger partial charge in [-0.05, 0) is 49.9 Å². The third-order valence-corrected chi connectivity index (χ3v) is 8.61. The van der Waals surface area contributed by atoms with E-state index in [4.69, 9.17) is 9.72 Å². The van der Waals surface area contributed by atoms with Crippen LogP contribution in [0.5, 0.6) is 0 Å². The van der Waals surface area contributed by atoms with Crippen LogP contribution in [0.4, 0.5) is 0 Å². The van der Waals surface area contributed by atoms with Crippen molar-refractivity contribution in [2.24, 2.45) is 0 Å². The second-order valence-electron chi connectivity index (χ2n) is 10.9. The van der Waals surface area contributed by atoms with E-state index < -0.39 is 5.60 Å². The molecule has 0 saturated heterocycles. The number of pyridine rings is 1. The summed E-state index contributed by atoms with van der Waals surface area (Å²) in [7, 11) is 0. The van der Waals surface area contributed by atoms with Crippen LogP contribution in [0, 0.1) is 0 Å². The molecule has 0 bridgehead atoms. The monoisotopic (exact) mass is 533 g/mol. The number of fused-ring (bicyclic) bond motifs is 3. The summed E-state index contributed by atoms with van der Waals surface area (Å²) in [4.78, 5) is 18.7. The number of cyclic esters (lactones) is 1. The smallest absolute Gasteiger partial charge is 0.341 e. The molecule has 5 heteroatoms. The van der Waals surface area contributed by atoms with Gasteiger partial charge in [-0.2, -0.15) is 0 Å². The van der Waals surface area contributed by atoms with Crippen LogP contribution in [0.15, 0.2) is 66.9 Å². The zero-order valence-electron chi connectivity index (χ0n) is 24.2. The van der Waals surface area contributed by atoms with Crippen LogP contribution in [-0.4, -0.2) is 20.1 Å². The molecule has 4 heterocycles. The van der Waals surface area contributed by atoms with Crippen LogP contribution in [0.2, 0.25) is 0 Å². The van der Waals surface area contributed by atoms with E-state index in [9.17, 15) is 4.79 Å². The van der Waals surface area contributed by atoms with Gasteiger partial charge in [0, 0.05) is 63.6 Å². The van der Waals surface area contributed by atoms with Crippen LogP contribution in [0.25, 0.3) is 21.8 Å². The first-order valence-corrected chi connectivity index (χ1v) is 15.0. The molecule has 6 rings (SSSR count). The number of para-hydroxylation sites is 2. The van der Waals surface area contributed by atoms with Crippen molar-refractivity contribution in [3.05, 3.63) is 101 Å². The Morgan fingerprint density at radius 3 is 1.75 bits per heavy atom. The number of unbranched alkanes of at least 4 members (excludes halogenated alkanes) is 2. The topological polar surface area (TPSA) is 49.0 Å². The van der Waals surface area contributed by atoms with Crippen LogP contribution in [0.1, 0.15) is 91.9 Å². The third-order valence-electron chi connectivity index (χ3n) is 8.61. The predicted molar refractivity (Wildman–Crippen MR) is 162 cm³/mol. The molecule has 0 N–H and O–H groups in total. The maximum Gasteiger partial charge on any atom is 0.341 e. The van der Waals surface area contributed by atoms with Crippen molar-refractivity contribution in [2.45, 2.75) is 84.9 Å². The van der Waals surface area contributed by atoms with E-state index in [0.29, 0.717) is 11.3 Å². The van der Waals surface area contributed by atoms with Crippen molar-refractivity contribution < 1.29 is 9.53 Å². The number of nitrogens with zero attached hydrogens (tertiary/aromatic N) is 3. The van der Waals surface area contributed by atoms with Gasteiger partial charge >= 0.3 is 5.97 Å². The lowest BCUT2D eigenvalue weighted by Gasteiger charge is -2.31. The first-order chi connectivity index (χ1) is 19.6. The highest BCUT2D eigenvalue weighted by Gasteiger charge is 2.55. The number of carbonyl (C=O) groups excluding carboxylic acids is 1. The van der Waals surface area contributed by atoms with Crippen LogP contribution in [-0.2, 0) is 36.3 Å². The van der Waals surface area contributed by atoms with Crippen LogP contribution in [0.3, 0.4) is 0 Å². The van der Waals surface area contributed by atoms with Crippen molar-refractivity contribution in [1.29, 1.82) is 0 Å². The summed E-state index contributed by atoms with van der Waals surface area (Å²) in [5, 5.41) is 2.27. The Morgan fingerprint density at radius 2 is 1.25 bits per heavy atom. The molecule has 0 amide bonds. The highest BCUT2D eigenvalue weighted by molar-refractivity contribution is 6.00. The number of hydrogen-bond donors (Lipinski definition) is 0. The van der Waals surface area contributed by atoms with Crippen LogP contribution >= 0.6 is 0 Å². The minimum atomic E-state index is -1.14. The molecule has 5 nitrogen and oxygen atoms in total. The van der Waals surface area contributed by atoms with E-state index in [2.05, 4.69) is 85.4 Å². The molecule has 0 atom stereocenters. The quantitative estimate of drug-likeness (QED) is 0.170. The SMILES string of the molecule is CCCCn1c(CC)c(C2(c3c(CC)n(CCCC)c4ccccc34)OC(=O)c3cccnc32)c2ccccc21. The standard InChI is InChI=1S/C35H39N3O2/c1-5-9-22-37-27(7-3)31(24-16-11-13-19-29(24)37)35(33-26(34(39)40-35)18-15-21-36-33)32-25-17-12-14-20-30(25)38(23-10-6-2)28(32)8-4/h11-21H,5-10,22-23H2,1-4H3. The highest BCUT2D eigenvalue weighted by atomic mass is 16.6. The maximum absolute atomic E-state index is 13.8. The summed E-state index contributed by atoms with van der Waals surface area (Å²) < 4.78 is 11.7. The van der Waals surface area contributed by atoms with Crippen molar-refractivity contribution in [2.75, 3.05) is 0 Å². The number of rotatable bonds is 10. The van der Waals surface area contributed by atoms with Crippen LogP contribution < -0.4 is 0 Å². The molecule has 0 spiro atoms. The Hall–Kier alpha value is -3.86. The van der Waals surface area contributed by atoms with Gasteiger partial charge in [0.1, 0.15) is 5.69 Å². The normalized spacial score (nSPS) is 14.2. The summed E-state index contributed by atoms with van der Waals surface area (Å²) in [6, 6.07) is 21.0. The molecule has 3 aromatic heterocycles. The van der Waals surface area contributed by atoms with Gasteiger partial charge in [0.25, 0.3) is 0 Å². The van der Waals surface area contributed by atoms with Gasteiger partial charge in [0.2, 0.25) is 5.60 Å². The highest BCUT2D eigenvalue weighted by Crippen LogP contribution is 2.53. The van der Waals surface area contributed by atoms with Gasteiger partial charge in [0.05, 0.1) is 5.56 Å². The molecule has 0 unspecified atom stereocenters. The van der Waals surface area contributed by atoms with E-state index in [-0.39, 0.29) is 5.97 Å². The molecule has 1 aliphatic rings. The molecule has 0 saturated carbocycles. The minimum Gasteiger partial charge on any atom is -0.439 e. The molecule has 1 aliphatic heterocycles. The van der Waals surface area contributed by atoms with Crippen molar-refractivity contribution >= 4 is 27.8 Å². The summed E-state index contributed by atoms with van der Waals surface area (Å²) in [6.07, 6.45) is 7.85. The van der Waals surface area contributed by atoms with Crippen molar-refractivity contribution in [1.82, 2.24) is 14.1 Å². The summed E-state index contributed by atoms with van der Waals surface area (Å²) in [6.45, 7) is 10.8. The zero-order valence-corrected chi connectivity index (χ0v) is 24.2. The lowest BCUT2D eigenvalue weighted by Crippen LogP contribution is -2.33. The molecule has 0 aliphatic carbocycles. The number of benzene rings is 2. The maximum atomic E-state index is 13.8. The van der Waals surface area contributed by atoms with E-state index in [1.807, 2.05) is 12.1 Å². The Bertz CT molecular complexity index is 1610. The fraction of sp³-hybridized carbons (Fsp3) is 0.371.